The molecular weight excluding hydrogens is 274 g/mol. The van der Waals surface area contributed by atoms with Crippen LogP contribution in [0.3, 0.4) is 0 Å². The van der Waals surface area contributed by atoms with Crippen molar-refractivity contribution in [2.24, 2.45) is 0 Å². The first-order chi connectivity index (χ1) is 9.55. The quantitative estimate of drug-likeness (QED) is 0.927. The zero-order chi connectivity index (χ0) is 14.6. The Bertz CT molecular complexity index is 528. The highest BCUT2D eigenvalue weighted by atomic mass is 32.2. The van der Waals surface area contributed by atoms with E-state index in [4.69, 9.17) is 0 Å². The molecule has 2 heterocycles. The van der Waals surface area contributed by atoms with E-state index in [0.717, 1.165) is 32.2 Å². The van der Waals surface area contributed by atoms with Gasteiger partial charge in [-0.3, -0.25) is 0 Å². The topological polar surface area (TPSA) is 62.3 Å². The van der Waals surface area contributed by atoms with Crippen LogP contribution in [0.5, 0.6) is 0 Å². The molecule has 1 atom stereocenters. The number of hydrogen-bond donors (Lipinski definition) is 1. The Kier molecular flexibility index (Phi) is 4.99. The van der Waals surface area contributed by atoms with E-state index in [1.54, 1.807) is 16.4 Å². The molecule has 1 aromatic heterocycles. The normalized spacial score (nSPS) is 21.4. The monoisotopic (exact) mass is 297 g/mol. The first-order valence-electron chi connectivity index (χ1n) is 7.27. The lowest BCUT2D eigenvalue weighted by atomic mass is 10.1. The Morgan fingerprint density at radius 2 is 2.15 bits per heavy atom. The number of pyridine rings is 1. The molecule has 1 aliphatic heterocycles. The smallest absolute Gasteiger partial charge is 0.244 e. The highest BCUT2D eigenvalue weighted by Gasteiger charge is 2.30. The van der Waals surface area contributed by atoms with Crippen molar-refractivity contribution in [3.8, 4) is 0 Å². The molecule has 0 aromatic carbocycles. The van der Waals surface area contributed by atoms with Crippen molar-refractivity contribution in [2.75, 3.05) is 18.4 Å². The van der Waals surface area contributed by atoms with E-state index < -0.39 is 10.0 Å². The van der Waals surface area contributed by atoms with Crippen LogP contribution in [0, 0.1) is 0 Å². The van der Waals surface area contributed by atoms with Crippen LogP contribution in [0.1, 0.15) is 39.5 Å². The van der Waals surface area contributed by atoms with Crippen molar-refractivity contribution in [3.63, 3.8) is 0 Å². The maximum Gasteiger partial charge on any atom is 0.244 e. The van der Waals surface area contributed by atoms with Crippen molar-refractivity contribution >= 4 is 15.8 Å². The molecule has 1 aromatic rings. The predicted octanol–water partition coefficient (Wildman–Crippen LogP) is 2.47. The lowest BCUT2D eigenvalue weighted by molar-refractivity contribution is 0.342. The summed E-state index contributed by atoms with van der Waals surface area (Å²) in [6, 6.07) is 3.42. The van der Waals surface area contributed by atoms with E-state index in [1.165, 1.54) is 6.20 Å². The fourth-order valence-electron chi connectivity index (χ4n) is 2.56. The lowest BCUT2D eigenvalue weighted by Crippen LogP contribution is -2.38. The molecule has 2 rings (SSSR count). The Morgan fingerprint density at radius 1 is 1.35 bits per heavy atom. The van der Waals surface area contributed by atoms with E-state index in [-0.39, 0.29) is 10.9 Å². The van der Waals surface area contributed by atoms with Gasteiger partial charge in [-0.1, -0.05) is 12.8 Å². The predicted molar refractivity (Wildman–Crippen MR) is 80.2 cm³/mol. The number of hydrogen-bond acceptors (Lipinski definition) is 4. The molecule has 1 N–H and O–H groups in total. The van der Waals surface area contributed by atoms with Gasteiger partial charge in [0.25, 0.3) is 0 Å². The van der Waals surface area contributed by atoms with Crippen molar-refractivity contribution < 1.29 is 8.42 Å². The van der Waals surface area contributed by atoms with Crippen LogP contribution in [-0.4, -0.2) is 36.8 Å². The summed E-state index contributed by atoms with van der Waals surface area (Å²) in [4.78, 5) is 4.45. The van der Waals surface area contributed by atoms with E-state index in [2.05, 4.69) is 10.3 Å². The molecule has 1 unspecified atom stereocenters. The summed E-state index contributed by atoms with van der Waals surface area (Å²) < 4.78 is 27.0. The number of anilines is 1. The Morgan fingerprint density at radius 3 is 2.80 bits per heavy atom. The van der Waals surface area contributed by atoms with Crippen molar-refractivity contribution in [3.05, 3.63) is 18.3 Å². The second-order valence-electron chi connectivity index (χ2n) is 5.22. The largest absolute Gasteiger partial charge is 0.370 e. The van der Waals surface area contributed by atoms with Gasteiger partial charge in [0, 0.05) is 25.3 Å². The highest BCUT2D eigenvalue weighted by molar-refractivity contribution is 7.89. The van der Waals surface area contributed by atoms with E-state index >= 15 is 0 Å². The average molecular weight is 297 g/mol. The van der Waals surface area contributed by atoms with E-state index in [9.17, 15) is 8.42 Å². The Hall–Kier alpha value is -1.14. The molecule has 0 aliphatic carbocycles. The van der Waals surface area contributed by atoms with Gasteiger partial charge in [-0.15, -0.1) is 0 Å². The van der Waals surface area contributed by atoms with Gasteiger partial charge in [0.2, 0.25) is 10.0 Å². The van der Waals surface area contributed by atoms with Crippen LogP contribution in [0.25, 0.3) is 0 Å². The molecule has 20 heavy (non-hydrogen) atoms. The molecular formula is C14H23N3O2S. The zero-order valence-corrected chi connectivity index (χ0v) is 13.0. The van der Waals surface area contributed by atoms with Crippen LogP contribution < -0.4 is 5.32 Å². The van der Waals surface area contributed by atoms with Gasteiger partial charge in [0.1, 0.15) is 10.7 Å². The minimum absolute atomic E-state index is 0.0657. The summed E-state index contributed by atoms with van der Waals surface area (Å²) in [6.45, 7) is 5.34. The summed E-state index contributed by atoms with van der Waals surface area (Å²) in [7, 11) is -3.42. The fraction of sp³-hybridized carbons (Fsp3) is 0.643. The highest BCUT2D eigenvalue weighted by Crippen LogP contribution is 2.24. The molecule has 1 fully saturated rings. The number of rotatable bonds is 4. The van der Waals surface area contributed by atoms with Crippen molar-refractivity contribution in [1.82, 2.24) is 9.29 Å². The molecule has 5 nitrogen and oxygen atoms in total. The minimum Gasteiger partial charge on any atom is -0.370 e. The summed E-state index contributed by atoms with van der Waals surface area (Å²) in [5, 5.41) is 3.06. The summed E-state index contributed by atoms with van der Waals surface area (Å²) in [5.41, 5.74) is 0. The summed E-state index contributed by atoms with van der Waals surface area (Å²) in [5.74, 6) is 0.704. The second-order valence-corrected chi connectivity index (χ2v) is 7.11. The number of nitrogens with one attached hydrogen (secondary N) is 1. The zero-order valence-electron chi connectivity index (χ0n) is 12.2. The third-order valence-corrected chi connectivity index (χ3v) is 5.69. The first kappa shape index (κ1) is 15.3. The third kappa shape index (κ3) is 3.30. The lowest BCUT2D eigenvalue weighted by Gasteiger charge is -2.26. The van der Waals surface area contributed by atoms with Crippen LogP contribution in [0.4, 0.5) is 5.82 Å². The van der Waals surface area contributed by atoms with Gasteiger partial charge < -0.3 is 5.32 Å². The Balaban J connectivity index is 2.24. The number of sulfonamides is 1. The Labute approximate surface area is 121 Å². The van der Waals surface area contributed by atoms with Crippen molar-refractivity contribution in [2.45, 2.75) is 50.5 Å². The first-order valence-corrected chi connectivity index (χ1v) is 8.71. The summed E-state index contributed by atoms with van der Waals surface area (Å²) in [6.07, 6.45) is 5.53. The second kappa shape index (κ2) is 6.54. The molecule has 1 saturated heterocycles. The molecule has 0 spiro atoms. The minimum atomic E-state index is -3.42. The number of nitrogens with zero attached hydrogens (tertiary/aromatic N) is 2. The van der Waals surface area contributed by atoms with Crippen LogP contribution >= 0.6 is 0 Å². The van der Waals surface area contributed by atoms with E-state index in [1.807, 2.05) is 13.8 Å². The van der Waals surface area contributed by atoms with Gasteiger partial charge in [0.15, 0.2) is 0 Å². The van der Waals surface area contributed by atoms with Crippen molar-refractivity contribution in [1.29, 1.82) is 0 Å². The molecule has 6 heteroatoms. The van der Waals surface area contributed by atoms with E-state index in [0.29, 0.717) is 12.4 Å². The van der Waals surface area contributed by atoms with Crippen LogP contribution in [-0.2, 0) is 10.0 Å². The third-order valence-electron chi connectivity index (χ3n) is 3.69. The maximum atomic E-state index is 12.7. The average Bonchev–Trinajstić information content (AvgIpc) is 2.65. The summed E-state index contributed by atoms with van der Waals surface area (Å²) >= 11 is 0. The SMILES string of the molecule is CCNc1ccc(S(=O)(=O)N2CCCCCC2C)cn1. The van der Waals surface area contributed by atoms with Gasteiger partial charge in [0.05, 0.1) is 0 Å². The van der Waals surface area contributed by atoms with Crippen LogP contribution in [0.15, 0.2) is 23.2 Å². The van der Waals surface area contributed by atoms with Gasteiger partial charge in [-0.25, -0.2) is 13.4 Å². The molecule has 1 aliphatic rings. The molecule has 0 bridgehead atoms. The molecule has 0 saturated carbocycles. The molecule has 112 valence electrons. The maximum absolute atomic E-state index is 12.7. The molecule has 0 radical (unpaired) electrons. The van der Waals surface area contributed by atoms with Crippen LogP contribution in [0.2, 0.25) is 0 Å². The van der Waals surface area contributed by atoms with Gasteiger partial charge >= 0.3 is 0 Å². The van der Waals surface area contributed by atoms with Gasteiger partial charge in [-0.05, 0) is 38.8 Å². The molecule has 0 amide bonds. The standard InChI is InChI=1S/C14H23N3O2S/c1-3-15-14-9-8-13(11-16-14)20(18,19)17-10-6-4-5-7-12(17)2/h8-9,11-12H,3-7,10H2,1-2H3,(H,15,16). The fourth-order valence-corrected chi connectivity index (χ4v) is 4.20. The number of aromatic nitrogens is 1. The van der Waals surface area contributed by atoms with Gasteiger partial charge in [-0.2, -0.15) is 4.31 Å².